The number of aromatic nitrogens is 2. The van der Waals surface area contributed by atoms with Crippen LogP contribution in [-0.4, -0.2) is 36.9 Å². The van der Waals surface area contributed by atoms with E-state index >= 15 is 0 Å². The Kier molecular flexibility index (Phi) is 6.26. The highest BCUT2D eigenvalue weighted by atomic mass is 16.5. The van der Waals surface area contributed by atoms with Crippen LogP contribution in [0.15, 0.2) is 46.9 Å². The fourth-order valence-electron chi connectivity index (χ4n) is 2.71. The first-order valence-corrected chi connectivity index (χ1v) is 8.96. The summed E-state index contributed by atoms with van der Waals surface area (Å²) < 4.78 is 16.1. The normalized spacial score (nSPS) is 10.5. The molecule has 28 heavy (non-hydrogen) atoms. The van der Waals surface area contributed by atoms with Crippen LogP contribution in [0, 0.1) is 6.92 Å². The molecule has 0 unspecified atom stereocenters. The lowest BCUT2D eigenvalue weighted by Gasteiger charge is -2.09. The van der Waals surface area contributed by atoms with E-state index in [1.54, 1.807) is 26.4 Å². The van der Waals surface area contributed by atoms with Gasteiger partial charge in [0.2, 0.25) is 17.7 Å². The smallest absolute Gasteiger partial charge is 0.247 e. The number of carbonyl (C=O) groups is 1. The summed E-state index contributed by atoms with van der Waals surface area (Å²) in [5, 5.41) is 11.0. The number of hydrogen-bond donors (Lipinski definition) is 1. The molecule has 1 N–H and O–H groups in total. The molecule has 1 amide bonds. The summed E-state index contributed by atoms with van der Waals surface area (Å²) in [7, 11) is 3.14. The summed E-state index contributed by atoms with van der Waals surface area (Å²) in [5.74, 6) is 2.11. The lowest BCUT2D eigenvalue weighted by Crippen LogP contribution is -2.27. The molecule has 2 aromatic carbocycles. The average Bonchev–Trinajstić information content (AvgIpc) is 3.17. The second-order valence-electron chi connectivity index (χ2n) is 6.33. The van der Waals surface area contributed by atoms with Gasteiger partial charge in [-0.2, -0.15) is 0 Å². The zero-order valence-corrected chi connectivity index (χ0v) is 16.2. The Labute approximate surface area is 163 Å². The van der Waals surface area contributed by atoms with Crippen molar-refractivity contribution < 1.29 is 18.7 Å². The number of nitrogens with zero attached hydrogens (tertiary/aromatic N) is 2. The Hall–Kier alpha value is -3.35. The third-order valence-corrected chi connectivity index (χ3v) is 4.24. The number of hydrogen-bond acceptors (Lipinski definition) is 6. The van der Waals surface area contributed by atoms with Crippen molar-refractivity contribution in [1.82, 2.24) is 15.5 Å². The number of ether oxygens (including phenoxy) is 2. The van der Waals surface area contributed by atoms with E-state index in [0.717, 1.165) is 11.1 Å². The van der Waals surface area contributed by atoms with Gasteiger partial charge in [-0.3, -0.25) is 4.79 Å². The quantitative estimate of drug-likeness (QED) is 0.646. The lowest BCUT2D eigenvalue weighted by atomic mass is 10.1. The van der Waals surface area contributed by atoms with Crippen molar-refractivity contribution in [2.24, 2.45) is 0 Å². The van der Waals surface area contributed by atoms with Crippen molar-refractivity contribution in [2.75, 3.05) is 20.8 Å². The molecule has 7 nitrogen and oxygen atoms in total. The molecular formula is C21H23N3O4. The van der Waals surface area contributed by atoms with Crippen LogP contribution in [0.4, 0.5) is 0 Å². The zero-order chi connectivity index (χ0) is 19.9. The predicted octanol–water partition coefficient (Wildman–Crippen LogP) is 2.96. The minimum Gasteiger partial charge on any atom is -0.493 e. The Morgan fingerprint density at radius 3 is 2.50 bits per heavy atom. The van der Waals surface area contributed by atoms with Gasteiger partial charge in [0.1, 0.15) is 0 Å². The maximum absolute atomic E-state index is 12.2. The van der Waals surface area contributed by atoms with E-state index < -0.39 is 0 Å². The van der Waals surface area contributed by atoms with Crippen LogP contribution in [0.3, 0.4) is 0 Å². The van der Waals surface area contributed by atoms with Crippen molar-refractivity contribution in [3.63, 3.8) is 0 Å². The Bertz CT molecular complexity index is 935. The largest absolute Gasteiger partial charge is 0.493 e. The van der Waals surface area contributed by atoms with Gasteiger partial charge in [0, 0.05) is 18.5 Å². The first-order chi connectivity index (χ1) is 13.6. The van der Waals surface area contributed by atoms with Gasteiger partial charge in [0.05, 0.1) is 20.6 Å². The molecular weight excluding hydrogens is 358 g/mol. The summed E-state index contributed by atoms with van der Waals surface area (Å²) in [4.78, 5) is 12.2. The van der Waals surface area contributed by atoms with E-state index in [1.165, 1.54) is 5.56 Å². The molecule has 0 aliphatic heterocycles. The number of amides is 1. The van der Waals surface area contributed by atoms with Crippen LogP contribution in [0.2, 0.25) is 0 Å². The van der Waals surface area contributed by atoms with E-state index in [2.05, 4.69) is 15.5 Å². The highest BCUT2D eigenvalue weighted by molar-refractivity contribution is 5.78. The van der Waals surface area contributed by atoms with Gasteiger partial charge >= 0.3 is 0 Å². The topological polar surface area (TPSA) is 86.5 Å². The van der Waals surface area contributed by atoms with Crippen LogP contribution in [-0.2, 0) is 17.6 Å². The predicted molar refractivity (Wildman–Crippen MR) is 104 cm³/mol. The van der Waals surface area contributed by atoms with Gasteiger partial charge in [0.25, 0.3) is 0 Å². The van der Waals surface area contributed by atoms with Gasteiger partial charge in [-0.05, 0) is 36.8 Å². The minimum atomic E-state index is -0.0921. The summed E-state index contributed by atoms with van der Waals surface area (Å²) in [6.45, 7) is 2.44. The van der Waals surface area contributed by atoms with Gasteiger partial charge in [-0.1, -0.05) is 23.8 Å². The molecule has 0 atom stereocenters. The van der Waals surface area contributed by atoms with Gasteiger partial charge in [0.15, 0.2) is 11.5 Å². The molecule has 3 rings (SSSR count). The lowest BCUT2D eigenvalue weighted by molar-refractivity contribution is -0.120. The summed E-state index contributed by atoms with van der Waals surface area (Å²) in [6, 6.07) is 13.3. The van der Waals surface area contributed by atoms with Crippen molar-refractivity contribution in [2.45, 2.75) is 19.8 Å². The van der Waals surface area contributed by atoms with Crippen molar-refractivity contribution in [3.8, 4) is 23.0 Å². The van der Waals surface area contributed by atoms with E-state index in [9.17, 15) is 4.79 Å². The van der Waals surface area contributed by atoms with Crippen molar-refractivity contribution in [3.05, 3.63) is 59.5 Å². The maximum Gasteiger partial charge on any atom is 0.247 e. The van der Waals surface area contributed by atoms with E-state index in [4.69, 9.17) is 13.9 Å². The molecule has 0 saturated heterocycles. The fraction of sp³-hybridized carbons (Fsp3) is 0.286. The summed E-state index contributed by atoms with van der Waals surface area (Å²) >= 11 is 0. The maximum atomic E-state index is 12.2. The zero-order valence-electron chi connectivity index (χ0n) is 16.2. The molecule has 0 aliphatic carbocycles. The molecule has 3 aromatic rings. The second kappa shape index (κ2) is 9.03. The average molecular weight is 381 g/mol. The molecule has 0 spiro atoms. The van der Waals surface area contributed by atoms with Crippen LogP contribution >= 0.6 is 0 Å². The van der Waals surface area contributed by atoms with Crippen molar-refractivity contribution in [1.29, 1.82) is 0 Å². The number of carbonyl (C=O) groups excluding carboxylic acids is 1. The number of nitrogens with one attached hydrogen (secondary N) is 1. The first kappa shape index (κ1) is 19.4. The molecule has 1 heterocycles. The Morgan fingerprint density at radius 1 is 1.04 bits per heavy atom. The fourth-order valence-corrected chi connectivity index (χ4v) is 2.71. The van der Waals surface area contributed by atoms with Crippen molar-refractivity contribution >= 4 is 5.91 Å². The molecule has 7 heteroatoms. The third kappa shape index (κ3) is 4.88. The number of methoxy groups -OCH3 is 2. The molecule has 0 saturated carbocycles. The molecule has 0 radical (unpaired) electrons. The molecule has 0 fully saturated rings. The van der Waals surface area contributed by atoms with Crippen LogP contribution in [0.5, 0.6) is 11.5 Å². The highest BCUT2D eigenvalue weighted by Gasteiger charge is 2.11. The number of benzene rings is 2. The monoisotopic (exact) mass is 381 g/mol. The van der Waals surface area contributed by atoms with Gasteiger partial charge in [-0.15, -0.1) is 10.2 Å². The Morgan fingerprint density at radius 2 is 1.79 bits per heavy atom. The van der Waals surface area contributed by atoms with Crippen LogP contribution < -0.4 is 14.8 Å². The van der Waals surface area contributed by atoms with Crippen LogP contribution in [0.1, 0.15) is 17.0 Å². The molecule has 0 aliphatic rings. The van der Waals surface area contributed by atoms with Gasteiger partial charge < -0.3 is 19.2 Å². The summed E-state index contributed by atoms with van der Waals surface area (Å²) in [5.41, 5.74) is 2.89. The highest BCUT2D eigenvalue weighted by Crippen LogP contribution is 2.27. The summed E-state index contributed by atoms with van der Waals surface area (Å²) in [6.07, 6.45) is 0.718. The van der Waals surface area contributed by atoms with Crippen LogP contribution in [0.25, 0.3) is 11.5 Å². The Balaban J connectivity index is 1.50. The minimum absolute atomic E-state index is 0.0921. The first-order valence-electron chi connectivity index (χ1n) is 8.96. The van der Waals surface area contributed by atoms with E-state index in [0.29, 0.717) is 36.2 Å². The molecule has 1 aromatic heterocycles. The third-order valence-electron chi connectivity index (χ3n) is 4.24. The van der Waals surface area contributed by atoms with E-state index in [1.807, 2.05) is 37.3 Å². The second-order valence-corrected chi connectivity index (χ2v) is 6.33. The van der Waals surface area contributed by atoms with Gasteiger partial charge in [-0.25, -0.2) is 0 Å². The molecule has 146 valence electrons. The number of rotatable bonds is 8. The molecule has 0 bridgehead atoms. The number of aryl methyl sites for hydroxylation is 1. The SMILES string of the molecule is COc1ccc(CC(=O)NCCc2nnc(-c3ccc(C)cc3)o2)cc1OC. The standard InChI is InChI=1S/C21H23N3O4/c1-14-4-7-16(8-5-14)21-24-23-20(28-21)10-11-22-19(25)13-15-6-9-17(26-2)18(12-15)27-3/h4-9,12H,10-11,13H2,1-3H3,(H,22,25). The van der Waals surface area contributed by atoms with E-state index in [-0.39, 0.29) is 12.3 Å².